The summed E-state index contributed by atoms with van der Waals surface area (Å²) < 4.78 is 27.3. The molecular formula is C14H13ClN2O2S2. The number of halogens is 1. The number of nitrogens with one attached hydrogen (secondary N) is 1. The molecule has 0 aliphatic carbocycles. The fourth-order valence-electron chi connectivity index (χ4n) is 1.87. The first-order valence-corrected chi connectivity index (χ1v) is 8.25. The molecule has 0 amide bonds. The van der Waals surface area contributed by atoms with Crippen molar-refractivity contribution in [2.75, 3.05) is 4.72 Å². The van der Waals surface area contributed by atoms with Gasteiger partial charge in [-0.05, 0) is 42.8 Å². The minimum absolute atomic E-state index is 0.169. The van der Waals surface area contributed by atoms with Crippen LogP contribution in [0.4, 0.5) is 5.69 Å². The molecule has 0 radical (unpaired) electrons. The lowest BCUT2D eigenvalue weighted by Gasteiger charge is -2.11. The maximum Gasteiger partial charge on any atom is 0.262 e. The lowest BCUT2D eigenvalue weighted by molar-refractivity contribution is 0.600. The second kappa shape index (κ2) is 6.01. The summed E-state index contributed by atoms with van der Waals surface area (Å²) in [4.78, 5) is 0.396. The highest BCUT2D eigenvalue weighted by atomic mass is 35.5. The van der Waals surface area contributed by atoms with Crippen molar-refractivity contribution in [3.05, 3.63) is 58.6 Å². The number of nitrogens with two attached hydrogens (primary N) is 1. The van der Waals surface area contributed by atoms with Gasteiger partial charge in [-0.1, -0.05) is 36.0 Å². The zero-order chi connectivity index (χ0) is 15.6. The fourth-order valence-corrected chi connectivity index (χ4v) is 3.46. The van der Waals surface area contributed by atoms with Crippen molar-refractivity contribution in [2.24, 2.45) is 5.73 Å². The number of anilines is 1. The van der Waals surface area contributed by atoms with Crippen LogP contribution in [0.25, 0.3) is 0 Å². The predicted octanol–water partition coefficient (Wildman–Crippen LogP) is 3.08. The van der Waals surface area contributed by atoms with Crippen molar-refractivity contribution in [3.8, 4) is 0 Å². The quantitative estimate of drug-likeness (QED) is 0.839. The number of thiocarbonyl (C=S) groups is 1. The summed E-state index contributed by atoms with van der Waals surface area (Å²) in [6, 6.07) is 11.2. The number of aryl methyl sites for hydroxylation is 1. The Balaban J connectivity index is 2.38. The van der Waals surface area contributed by atoms with E-state index in [1.54, 1.807) is 37.3 Å². The van der Waals surface area contributed by atoms with Crippen molar-refractivity contribution in [1.82, 2.24) is 0 Å². The first-order valence-electron chi connectivity index (χ1n) is 5.98. The van der Waals surface area contributed by atoms with Crippen LogP contribution in [0.5, 0.6) is 0 Å². The molecule has 0 aliphatic heterocycles. The molecule has 0 saturated carbocycles. The van der Waals surface area contributed by atoms with Crippen LogP contribution >= 0.6 is 23.8 Å². The lowest BCUT2D eigenvalue weighted by atomic mass is 10.1. The van der Waals surface area contributed by atoms with Crippen molar-refractivity contribution >= 4 is 44.5 Å². The average molecular weight is 341 g/mol. The van der Waals surface area contributed by atoms with Crippen LogP contribution in [0.15, 0.2) is 47.4 Å². The minimum Gasteiger partial charge on any atom is -0.389 e. The summed E-state index contributed by atoms with van der Waals surface area (Å²) in [6.45, 7) is 1.69. The van der Waals surface area contributed by atoms with Gasteiger partial charge >= 0.3 is 0 Å². The monoisotopic (exact) mass is 340 g/mol. The molecule has 7 heteroatoms. The zero-order valence-corrected chi connectivity index (χ0v) is 13.5. The first kappa shape index (κ1) is 15.8. The van der Waals surface area contributed by atoms with E-state index in [1.807, 2.05) is 0 Å². The van der Waals surface area contributed by atoms with Gasteiger partial charge in [0.25, 0.3) is 10.0 Å². The summed E-state index contributed by atoms with van der Waals surface area (Å²) in [5, 5.41) is 0.454. The lowest BCUT2D eigenvalue weighted by Crippen LogP contribution is -2.15. The third kappa shape index (κ3) is 3.72. The maximum atomic E-state index is 12.4. The molecule has 110 valence electrons. The standard InChI is InChI=1S/C14H13ClN2O2S2/c1-9-7-10(14(16)20)5-6-13(9)21(18,19)17-12-4-2-3-11(15)8-12/h2-8,17H,1H3,(H2,16,20). The fraction of sp³-hybridized carbons (Fsp3) is 0.0714. The largest absolute Gasteiger partial charge is 0.389 e. The van der Waals surface area contributed by atoms with Gasteiger partial charge in [-0.3, -0.25) is 4.72 Å². The van der Waals surface area contributed by atoms with Gasteiger partial charge in [0.2, 0.25) is 0 Å². The molecule has 0 atom stereocenters. The highest BCUT2D eigenvalue weighted by Gasteiger charge is 2.17. The third-order valence-corrected chi connectivity index (χ3v) is 4.84. The molecule has 21 heavy (non-hydrogen) atoms. The molecule has 2 aromatic carbocycles. The summed E-state index contributed by atoms with van der Waals surface area (Å²) in [5.41, 5.74) is 7.13. The van der Waals surface area contributed by atoms with Gasteiger partial charge in [0.05, 0.1) is 10.6 Å². The molecule has 0 unspecified atom stereocenters. The van der Waals surface area contributed by atoms with Gasteiger partial charge in [0, 0.05) is 10.6 Å². The molecular weight excluding hydrogens is 328 g/mol. The highest BCUT2D eigenvalue weighted by molar-refractivity contribution is 7.92. The number of hydrogen-bond acceptors (Lipinski definition) is 3. The van der Waals surface area contributed by atoms with E-state index in [-0.39, 0.29) is 9.88 Å². The normalized spacial score (nSPS) is 11.1. The van der Waals surface area contributed by atoms with Crippen LogP contribution in [0.3, 0.4) is 0 Å². The Bertz CT molecular complexity index is 804. The number of hydrogen-bond donors (Lipinski definition) is 2. The van der Waals surface area contributed by atoms with Gasteiger partial charge < -0.3 is 5.73 Å². The SMILES string of the molecule is Cc1cc(C(N)=S)ccc1S(=O)(=O)Nc1cccc(Cl)c1. The van der Waals surface area contributed by atoms with Crippen molar-refractivity contribution in [2.45, 2.75) is 11.8 Å². The van der Waals surface area contributed by atoms with Crippen LogP contribution in [-0.4, -0.2) is 13.4 Å². The molecule has 0 saturated heterocycles. The van der Waals surface area contributed by atoms with Crippen LogP contribution in [0.1, 0.15) is 11.1 Å². The molecule has 2 rings (SSSR count). The summed E-state index contributed by atoms with van der Waals surface area (Å²) in [6.07, 6.45) is 0. The van der Waals surface area contributed by atoms with Gasteiger partial charge in [0.1, 0.15) is 4.99 Å². The second-order valence-corrected chi connectivity index (χ2v) is 6.99. The van der Waals surface area contributed by atoms with Crippen molar-refractivity contribution in [1.29, 1.82) is 0 Å². The predicted molar refractivity (Wildman–Crippen MR) is 89.3 cm³/mol. The van der Waals surface area contributed by atoms with E-state index in [9.17, 15) is 8.42 Å². The molecule has 0 aliphatic rings. The number of benzene rings is 2. The Morgan fingerprint density at radius 3 is 2.52 bits per heavy atom. The maximum absolute atomic E-state index is 12.4. The molecule has 0 bridgehead atoms. The highest BCUT2D eigenvalue weighted by Crippen LogP contribution is 2.22. The topological polar surface area (TPSA) is 72.2 Å². The summed E-state index contributed by atoms with van der Waals surface area (Å²) >= 11 is 10.7. The van der Waals surface area contributed by atoms with E-state index >= 15 is 0 Å². The van der Waals surface area contributed by atoms with E-state index in [0.717, 1.165) is 0 Å². The molecule has 0 fully saturated rings. The molecule has 0 spiro atoms. The van der Waals surface area contributed by atoms with Crippen LogP contribution < -0.4 is 10.5 Å². The first-order chi connectivity index (χ1) is 9.79. The van der Waals surface area contributed by atoms with Crippen LogP contribution in [0.2, 0.25) is 5.02 Å². The second-order valence-electron chi connectivity index (χ2n) is 4.46. The van der Waals surface area contributed by atoms with Crippen LogP contribution in [-0.2, 0) is 10.0 Å². The Hall–Kier alpha value is -1.63. The Morgan fingerprint density at radius 2 is 1.95 bits per heavy atom. The minimum atomic E-state index is -3.70. The number of sulfonamides is 1. The van der Waals surface area contributed by atoms with E-state index in [4.69, 9.17) is 29.6 Å². The Kier molecular flexibility index (Phi) is 4.51. The Labute approximate surface area is 134 Å². The molecule has 3 N–H and O–H groups in total. The molecule has 0 aromatic heterocycles. The summed E-state index contributed by atoms with van der Waals surface area (Å²) in [5.74, 6) is 0. The van der Waals surface area contributed by atoms with Gasteiger partial charge in [-0.15, -0.1) is 0 Å². The number of rotatable bonds is 4. The molecule has 2 aromatic rings. The van der Waals surface area contributed by atoms with Gasteiger partial charge in [-0.25, -0.2) is 8.42 Å². The van der Waals surface area contributed by atoms with Gasteiger partial charge in [-0.2, -0.15) is 0 Å². The van der Waals surface area contributed by atoms with Crippen molar-refractivity contribution in [3.63, 3.8) is 0 Å². The van der Waals surface area contributed by atoms with E-state index in [1.165, 1.54) is 12.1 Å². The van der Waals surface area contributed by atoms with E-state index < -0.39 is 10.0 Å². The average Bonchev–Trinajstić information content (AvgIpc) is 2.37. The zero-order valence-electron chi connectivity index (χ0n) is 11.1. The smallest absolute Gasteiger partial charge is 0.262 e. The van der Waals surface area contributed by atoms with E-state index in [2.05, 4.69) is 4.72 Å². The summed E-state index contributed by atoms with van der Waals surface area (Å²) in [7, 11) is -3.70. The van der Waals surface area contributed by atoms with E-state index in [0.29, 0.717) is 21.8 Å². The van der Waals surface area contributed by atoms with Crippen molar-refractivity contribution < 1.29 is 8.42 Å². The van der Waals surface area contributed by atoms with Crippen LogP contribution in [0, 0.1) is 6.92 Å². The third-order valence-electron chi connectivity index (χ3n) is 2.83. The molecule has 0 heterocycles. The van der Waals surface area contributed by atoms with Gasteiger partial charge in [0.15, 0.2) is 0 Å². The Morgan fingerprint density at radius 1 is 1.24 bits per heavy atom. The molecule has 4 nitrogen and oxygen atoms in total.